The van der Waals surface area contributed by atoms with E-state index in [0.29, 0.717) is 0 Å². The van der Waals surface area contributed by atoms with Crippen molar-refractivity contribution in [3.8, 4) is 0 Å². The minimum absolute atomic E-state index is 0.114. The van der Waals surface area contributed by atoms with Gasteiger partial charge in [-0.05, 0) is 49.1 Å². The van der Waals surface area contributed by atoms with Gasteiger partial charge in [0.05, 0.1) is 11.6 Å². The number of carbonyl (C=O) groups is 1. The third-order valence-corrected chi connectivity index (χ3v) is 4.78. The molecular weight excluding hydrogens is 296 g/mol. The third kappa shape index (κ3) is 2.78. The van der Waals surface area contributed by atoms with E-state index in [1.165, 1.54) is 0 Å². The molecule has 120 valence electrons. The van der Waals surface area contributed by atoms with E-state index in [0.717, 1.165) is 47.8 Å². The van der Waals surface area contributed by atoms with Crippen LogP contribution in [0.15, 0.2) is 66.9 Å². The van der Waals surface area contributed by atoms with Crippen molar-refractivity contribution in [1.29, 1.82) is 0 Å². The van der Waals surface area contributed by atoms with Crippen molar-refractivity contribution >= 4 is 16.8 Å². The quantitative estimate of drug-likeness (QED) is 0.692. The molecule has 0 N–H and O–H groups in total. The summed E-state index contributed by atoms with van der Waals surface area (Å²) >= 11 is 0. The summed E-state index contributed by atoms with van der Waals surface area (Å²) in [4.78, 5) is 19.6. The van der Waals surface area contributed by atoms with Crippen molar-refractivity contribution in [3.63, 3.8) is 0 Å². The molecule has 24 heavy (non-hydrogen) atoms. The number of likely N-dealkylation sites (tertiary alicyclic amines) is 1. The normalized spacial score (nSPS) is 17.8. The minimum Gasteiger partial charge on any atom is -0.332 e. The first kappa shape index (κ1) is 14.9. The molecule has 0 saturated carbocycles. The van der Waals surface area contributed by atoms with Gasteiger partial charge in [0.15, 0.2) is 0 Å². The monoisotopic (exact) mass is 316 g/mol. The summed E-state index contributed by atoms with van der Waals surface area (Å²) in [5, 5.41) is 1.13. The van der Waals surface area contributed by atoms with Gasteiger partial charge < -0.3 is 4.90 Å². The van der Waals surface area contributed by atoms with E-state index in [-0.39, 0.29) is 11.9 Å². The molecule has 1 aliphatic rings. The first-order valence-electron chi connectivity index (χ1n) is 8.53. The Morgan fingerprint density at radius 1 is 1.00 bits per heavy atom. The Morgan fingerprint density at radius 2 is 1.79 bits per heavy atom. The Hall–Kier alpha value is -2.68. The molecule has 0 bridgehead atoms. The van der Waals surface area contributed by atoms with E-state index in [1.54, 1.807) is 0 Å². The number of hydrogen-bond acceptors (Lipinski definition) is 2. The van der Waals surface area contributed by atoms with E-state index in [2.05, 4.69) is 17.1 Å². The van der Waals surface area contributed by atoms with Crippen LogP contribution in [-0.2, 0) is 0 Å². The number of para-hydroxylation sites is 1. The molecule has 1 amide bonds. The first-order chi connectivity index (χ1) is 11.8. The summed E-state index contributed by atoms with van der Waals surface area (Å²) in [5.41, 5.74) is 2.90. The predicted molar refractivity (Wildman–Crippen MR) is 95.8 cm³/mol. The lowest BCUT2D eigenvalue weighted by molar-refractivity contribution is 0.0611. The van der Waals surface area contributed by atoms with Crippen molar-refractivity contribution < 1.29 is 4.79 Å². The summed E-state index contributed by atoms with van der Waals surface area (Å²) in [6.45, 7) is 0.811. The minimum atomic E-state index is 0.114. The topological polar surface area (TPSA) is 33.2 Å². The van der Waals surface area contributed by atoms with Crippen LogP contribution in [0, 0.1) is 0 Å². The fraction of sp³-hybridized carbons (Fsp3) is 0.238. The lowest BCUT2D eigenvalue weighted by atomic mass is 9.94. The molecule has 1 unspecified atom stereocenters. The zero-order valence-electron chi connectivity index (χ0n) is 13.6. The standard InChI is InChI=1S/C21H20N2O/c24-21(16-8-2-1-3-9-16)23-13-7-6-12-20(23)18-14-17-10-4-5-11-19(17)22-15-18/h1-5,8-11,14-15,20H,6-7,12-13H2. The Balaban J connectivity index is 1.69. The van der Waals surface area contributed by atoms with E-state index < -0.39 is 0 Å². The zero-order valence-corrected chi connectivity index (χ0v) is 13.6. The van der Waals surface area contributed by atoms with Crippen LogP contribution in [0.2, 0.25) is 0 Å². The molecule has 0 spiro atoms. The molecule has 0 aliphatic carbocycles. The van der Waals surface area contributed by atoms with Gasteiger partial charge in [0.2, 0.25) is 0 Å². The molecule has 0 radical (unpaired) electrons. The smallest absolute Gasteiger partial charge is 0.254 e. The molecule has 1 saturated heterocycles. The van der Waals surface area contributed by atoms with Crippen molar-refractivity contribution in [2.45, 2.75) is 25.3 Å². The number of piperidine rings is 1. The number of nitrogens with zero attached hydrogens (tertiary/aromatic N) is 2. The number of fused-ring (bicyclic) bond motifs is 1. The SMILES string of the molecule is O=C(c1ccccc1)N1CCCCC1c1cnc2ccccc2c1. The van der Waals surface area contributed by atoms with Crippen LogP contribution in [0.4, 0.5) is 0 Å². The highest BCUT2D eigenvalue weighted by Gasteiger charge is 2.28. The van der Waals surface area contributed by atoms with Crippen LogP contribution >= 0.6 is 0 Å². The fourth-order valence-corrected chi connectivity index (χ4v) is 3.54. The maximum atomic E-state index is 13.0. The maximum absolute atomic E-state index is 13.0. The second-order valence-electron chi connectivity index (χ2n) is 6.34. The summed E-state index contributed by atoms with van der Waals surface area (Å²) in [6.07, 6.45) is 5.15. The molecule has 1 fully saturated rings. The summed E-state index contributed by atoms with van der Waals surface area (Å²) in [6, 6.07) is 20.0. The van der Waals surface area contributed by atoms with Crippen LogP contribution in [-0.4, -0.2) is 22.3 Å². The van der Waals surface area contributed by atoms with Gasteiger partial charge in [-0.1, -0.05) is 36.4 Å². The largest absolute Gasteiger partial charge is 0.332 e. The molecule has 1 atom stereocenters. The van der Waals surface area contributed by atoms with Crippen molar-refractivity contribution in [2.24, 2.45) is 0 Å². The maximum Gasteiger partial charge on any atom is 0.254 e. The second kappa shape index (κ2) is 6.44. The van der Waals surface area contributed by atoms with E-state index in [9.17, 15) is 4.79 Å². The molecule has 1 aromatic heterocycles. The second-order valence-corrected chi connectivity index (χ2v) is 6.34. The average Bonchev–Trinajstić information content (AvgIpc) is 2.68. The number of carbonyl (C=O) groups excluding carboxylic acids is 1. The van der Waals surface area contributed by atoms with E-state index >= 15 is 0 Å². The molecule has 3 aromatic rings. The zero-order chi connectivity index (χ0) is 16.4. The number of benzene rings is 2. The number of hydrogen-bond donors (Lipinski definition) is 0. The molecular formula is C21H20N2O. The van der Waals surface area contributed by atoms with E-state index in [4.69, 9.17) is 0 Å². The highest BCUT2D eigenvalue weighted by Crippen LogP contribution is 2.33. The number of rotatable bonds is 2. The van der Waals surface area contributed by atoms with Gasteiger partial charge in [0, 0.05) is 23.7 Å². The predicted octanol–water partition coefficient (Wildman–Crippen LogP) is 4.60. The summed E-state index contributed by atoms with van der Waals surface area (Å²) < 4.78 is 0. The Labute approximate surface area is 141 Å². The van der Waals surface area contributed by atoms with Gasteiger partial charge in [-0.25, -0.2) is 0 Å². The molecule has 2 heterocycles. The van der Waals surface area contributed by atoms with Crippen molar-refractivity contribution in [1.82, 2.24) is 9.88 Å². The van der Waals surface area contributed by atoms with Gasteiger partial charge in [-0.15, -0.1) is 0 Å². The van der Waals surface area contributed by atoms with Gasteiger partial charge in [-0.3, -0.25) is 9.78 Å². The lowest BCUT2D eigenvalue weighted by Crippen LogP contribution is -2.38. The number of amides is 1. The van der Waals surface area contributed by atoms with Gasteiger partial charge >= 0.3 is 0 Å². The molecule has 3 heteroatoms. The van der Waals surface area contributed by atoms with Crippen LogP contribution in [0.1, 0.15) is 41.2 Å². The van der Waals surface area contributed by atoms with Gasteiger partial charge in [-0.2, -0.15) is 0 Å². The van der Waals surface area contributed by atoms with Crippen LogP contribution in [0.3, 0.4) is 0 Å². The van der Waals surface area contributed by atoms with Crippen molar-refractivity contribution in [2.75, 3.05) is 6.54 Å². The Kier molecular flexibility index (Phi) is 3.99. The van der Waals surface area contributed by atoms with E-state index in [1.807, 2.05) is 59.6 Å². The Bertz CT molecular complexity index is 860. The van der Waals surface area contributed by atoms with Gasteiger partial charge in [0.25, 0.3) is 5.91 Å². The molecule has 3 nitrogen and oxygen atoms in total. The average molecular weight is 316 g/mol. The van der Waals surface area contributed by atoms with Gasteiger partial charge in [0.1, 0.15) is 0 Å². The van der Waals surface area contributed by atoms with Crippen molar-refractivity contribution in [3.05, 3.63) is 78.0 Å². The molecule has 1 aliphatic heterocycles. The first-order valence-corrected chi connectivity index (χ1v) is 8.53. The highest BCUT2D eigenvalue weighted by molar-refractivity contribution is 5.94. The third-order valence-electron chi connectivity index (χ3n) is 4.78. The molecule has 4 rings (SSSR count). The van der Waals surface area contributed by atoms with Crippen LogP contribution in [0.5, 0.6) is 0 Å². The summed E-state index contributed by atoms with van der Waals surface area (Å²) in [5.74, 6) is 0.119. The van der Waals surface area contributed by atoms with Crippen LogP contribution in [0.25, 0.3) is 10.9 Å². The molecule has 2 aromatic carbocycles. The highest BCUT2D eigenvalue weighted by atomic mass is 16.2. The fourth-order valence-electron chi connectivity index (χ4n) is 3.54. The number of aromatic nitrogens is 1. The van der Waals surface area contributed by atoms with Crippen LogP contribution < -0.4 is 0 Å². The summed E-state index contributed by atoms with van der Waals surface area (Å²) in [7, 11) is 0. The number of pyridine rings is 1. The lowest BCUT2D eigenvalue weighted by Gasteiger charge is -2.36. The Morgan fingerprint density at radius 3 is 2.67 bits per heavy atom.